The molecule has 0 saturated heterocycles. The third kappa shape index (κ3) is 2.08. The maximum Gasteiger partial charge on any atom is 0.224 e. The minimum absolute atomic E-state index is 0.220. The quantitative estimate of drug-likeness (QED) is 0.826. The normalized spacial score (nSPS) is 12.5. The SMILES string of the molecule is CC(C(N)=O)c1cccc(Br)c1. The maximum atomic E-state index is 10.8. The van der Waals surface area contributed by atoms with Crippen molar-refractivity contribution in [1.82, 2.24) is 0 Å². The Bertz CT molecular complexity index is 298. The van der Waals surface area contributed by atoms with Gasteiger partial charge >= 0.3 is 0 Å². The molecule has 2 nitrogen and oxygen atoms in total. The van der Waals surface area contributed by atoms with E-state index in [1.54, 1.807) is 6.92 Å². The molecule has 0 aliphatic heterocycles. The Morgan fingerprint density at radius 1 is 1.58 bits per heavy atom. The number of rotatable bonds is 2. The molecule has 1 aromatic rings. The van der Waals surface area contributed by atoms with E-state index in [9.17, 15) is 4.79 Å². The average Bonchev–Trinajstić information content (AvgIpc) is 2.03. The van der Waals surface area contributed by atoms with Crippen LogP contribution < -0.4 is 5.73 Å². The van der Waals surface area contributed by atoms with Crippen LogP contribution in [0, 0.1) is 0 Å². The van der Waals surface area contributed by atoms with E-state index in [0.29, 0.717) is 0 Å². The van der Waals surface area contributed by atoms with Crippen molar-refractivity contribution in [3.05, 3.63) is 34.3 Å². The smallest absolute Gasteiger partial charge is 0.224 e. The van der Waals surface area contributed by atoms with Crippen LogP contribution in [0.3, 0.4) is 0 Å². The molecule has 0 fully saturated rings. The highest BCUT2D eigenvalue weighted by Crippen LogP contribution is 2.18. The largest absolute Gasteiger partial charge is 0.369 e. The highest BCUT2D eigenvalue weighted by atomic mass is 79.9. The summed E-state index contributed by atoms with van der Waals surface area (Å²) in [6, 6.07) is 7.59. The topological polar surface area (TPSA) is 43.1 Å². The molecule has 0 saturated carbocycles. The number of primary amides is 1. The van der Waals surface area contributed by atoms with Gasteiger partial charge in [-0.05, 0) is 24.6 Å². The van der Waals surface area contributed by atoms with Crippen molar-refractivity contribution in [1.29, 1.82) is 0 Å². The molecule has 0 heterocycles. The zero-order valence-electron chi connectivity index (χ0n) is 6.75. The fourth-order valence-electron chi connectivity index (χ4n) is 0.940. The van der Waals surface area contributed by atoms with E-state index in [1.807, 2.05) is 24.3 Å². The number of hydrogen-bond acceptors (Lipinski definition) is 1. The fraction of sp³-hybridized carbons (Fsp3) is 0.222. The summed E-state index contributed by atoms with van der Waals surface area (Å²) < 4.78 is 0.966. The molecule has 12 heavy (non-hydrogen) atoms. The summed E-state index contributed by atoms with van der Waals surface area (Å²) in [7, 11) is 0. The van der Waals surface area contributed by atoms with Crippen molar-refractivity contribution < 1.29 is 4.79 Å². The van der Waals surface area contributed by atoms with Gasteiger partial charge in [0, 0.05) is 4.47 Å². The molecular weight excluding hydrogens is 218 g/mol. The minimum atomic E-state index is -0.298. The number of nitrogens with two attached hydrogens (primary N) is 1. The summed E-state index contributed by atoms with van der Waals surface area (Å²) in [5.41, 5.74) is 6.11. The summed E-state index contributed by atoms with van der Waals surface area (Å²) in [5.74, 6) is -0.518. The monoisotopic (exact) mass is 227 g/mol. The Labute approximate surface area is 79.9 Å². The molecule has 0 radical (unpaired) electrons. The summed E-state index contributed by atoms with van der Waals surface area (Å²) >= 11 is 3.33. The van der Waals surface area contributed by atoms with E-state index in [-0.39, 0.29) is 11.8 Å². The Morgan fingerprint density at radius 2 is 2.25 bits per heavy atom. The number of halogens is 1. The summed E-state index contributed by atoms with van der Waals surface area (Å²) in [6.07, 6.45) is 0. The Kier molecular flexibility index (Phi) is 2.87. The van der Waals surface area contributed by atoms with Crippen LogP contribution in [-0.4, -0.2) is 5.91 Å². The molecule has 0 bridgehead atoms. The van der Waals surface area contributed by atoms with Gasteiger partial charge in [-0.3, -0.25) is 4.79 Å². The van der Waals surface area contributed by atoms with Crippen LogP contribution >= 0.6 is 15.9 Å². The zero-order chi connectivity index (χ0) is 9.14. The van der Waals surface area contributed by atoms with Crippen molar-refractivity contribution in [2.75, 3.05) is 0 Å². The van der Waals surface area contributed by atoms with Crippen LogP contribution in [0.25, 0.3) is 0 Å². The summed E-state index contributed by atoms with van der Waals surface area (Å²) in [4.78, 5) is 10.8. The van der Waals surface area contributed by atoms with E-state index in [0.717, 1.165) is 10.0 Å². The molecule has 0 aliphatic rings. The van der Waals surface area contributed by atoms with Crippen LogP contribution in [0.1, 0.15) is 18.4 Å². The molecule has 0 aromatic heterocycles. The highest BCUT2D eigenvalue weighted by Gasteiger charge is 2.10. The van der Waals surface area contributed by atoms with E-state index >= 15 is 0 Å². The number of hydrogen-bond donors (Lipinski definition) is 1. The first-order valence-corrected chi connectivity index (χ1v) is 4.45. The van der Waals surface area contributed by atoms with Gasteiger partial charge < -0.3 is 5.73 Å². The average molecular weight is 228 g/mol. The van der Waals surface area contributed by atoms with Gasteiger partial charge in [-0.15, -0.1) is 0 Å². The van der Waals surface area contributed by atoms with Crippen molar-refractivity contribution in [3.8, 4) is 0 Å². The third-order valence-corrected chi connectivity index (χ3v) is 2.27. The lowest BCUT2D eigenvalue weighted by Crippen LogP contribution is -2.18. The number of carbonyl (C=O) groups excluding carboxylic acids is 1. The van der Waals surface area contributed by atoms with Crippen LogP contribution in [0.4, 0.5) is 0 Å². The van der Waals surface area contributed by atoms with Crippen LogP contribution in [-0.2, 0) is 4.79 Å². The Hall–Kier alpha value is -0.830. The van der Waals surface area contributed by atoms with Crippen molar-refractivity contribution in [2.45, 2.75) is 12.8 Å². The van der Waals surface area contributed by atoms with Gasteiger partial charge in [-0.2, -0.15) is 0 Å². The number of amides is 1. The maximum absolute atomic E-state index is 10.8. The first-order chi connectivity index (χ1) is 5.61. The van der Waals surface area contributed by atoms with Crippen LogP contribution in [0.5, 0.6) is 0 Å². The standard InChI is InChI=1S/C9H10BrNO/c1-6(9(11)12)7-3-2-4-8(10)5-7/h2-6H,1H3,(H2,11,12). The first-order valence-electron chi connectivity index (χ1n) is 3.66. The zero-order valence-corrected chi connectivity index (χ0v) is 8.34. The van der Waals surface area contributed by atoms with Gasteiger partial charge in [-0.1, -0.05) is 28.1 Å². The molecule has 64 valence electrons. The van der Waals surface area contributed by atoms with Gasteiger partial charge in [-0.25, -0.2) is 0 Å². The van der Waals surface area contributed by atoms with Crippen LogP contribution in [0.2, 0.25) is 0 Å². The second kappa shape index (κ2) is 3.72. The second-order valence-electron chi connectivity index (χ2n) is 2.68. The molecule has 1 unspecified atom stereocenters. The molecule has 0 spiro atoms. The predicted octanol–water partition coefficient (Wildman–Crippen LogP) is 2.04. The van der Waals surface area contributed by atoms with Crippen molar-refractivity contribution in [2.24, 2.45) is 5.73 Å². The summed E-state index contributed by atoms with van der Waals surface area (Å²) in [5, 5.41) is 0. The van der Waals surface area contributed by atoms with Crippen molar-refractivity contribution in [3.63, 3.8) is 0 Å². The lowest BCUT2D eigenvalue weighted by molar-refractivity contribution is -0.119. The van der Waals surface area contributed by atoms with E-state index in [1.165, 1.54) is 0 Å². The van der Waals surface area contributed by atoms with E-state index in [2.05, 4.69) is 15.9 Å². The molecule has 3 heteroatoms. The molecule has 1 aromatic carbocycles. The molecule has 1 amide bonds. The summed E-state index contributed by atoms with van der Waals surface area (Å²) in [6.45, 7) is 1.80. The van der Waals surface area contributed by atoms with Gasteiger partial charge in [0.15, 0.2) is 0 Å². The predicted molar refractivity (Wildman–Crippen MR) is 51.8 cm³/mol. The Balaban J connectivity index is 2.95. The molecule has 2 N–H and O–H groups in total. The Morgan fingerprint density at radius 3 is 2.75 bits per heavy atom. The van der Waals surface area contributed by atoms with Gasteiger partial charge in [0.2, 0.25) is 5.91 Å². The van der Waals surface area contributed by atoms with Gasteiger partial charge in [0.1, 0.15) is 0 Å². The van der Waals surface area contributed by atoms with E-state index < -0.39 is 0 Å². The molecule has 1 atom stereocenters. The highest BCUT2D eigenvalue weighted by molar-refractivity contribution is 9.10. The molecule has 0 aliphatic carbocycles. The molecule has 1 rings (SSSR count). The van der Waals surface area contributed by atoms with Gasteiger partial charge in [0.25, 0.3) is 0 Å². The third-order valence-electron chi connectivity index (χ3n) is 1.78. The number of benzene rings is 1. The second-order valence-corrected chi connectivity index (χ2v) is 3.59. The van der Waals surface area contributed by atoms with Crippen LogP contribution in [0.15, 0.2) is 28.7 Å². The number of carbonyl (C=O) groups is 1. The fourth-order valence-corrected chi connectivity index (χ4v) is 1.36. The van der Waals surface area contributed by atoms with Crippen molar-refractivity contribution >= 4 is 21.8 Å². The minimum Gasteiger partial charge on any atom is -0.369 e. The molecular formula is C9H10BrNO. The van der Waals surface area contributed by atoms with E-state index in [4.69, 9.17) is 5.73 Å². The lowest BCUT2D eigenvalue weighted by Gasteiger charge is -2.06. The van der Waals surface area contributed by atoms with Gasteiger partial charge in [0.05, 0.1) is 5.92 Å². The first kappa shape index (κ1) is 9.26. The lowest BCUT2D eigenvalue weighted by atomic mass is 10.0.